The Morgan fingerprint density at radius 3 is 2.69 bits per heavy atom. The monoisotopic (exact) mass is 295 g/mol. The minimum absolute atomic E-state index is 0.0709. The fourth-order valence-corrected chi connectivity index (χ4v) is 1.55. The van der Waals surface area contributed by atoms with Crippen molar-refractivity contribution in [3.05, 3.63) is 28.2 Å². The second-order valence-corrected chi connectivity index (χ2v) is 4.13. The second kappa shape index (κ2) is 6.12. The summed E-state index contributed by atoms with van der Waals surface area (Å²) in [6, 6.07) is 5.07. The van der Waals surface area contributed by atoms with Gasteiger partial charge in [0.25, 0.3) is 6.43 Å². The van der Waals surface area contributed by atoms with Crippen LogP contribution in [-0.2, 0) is 6.54 Å². The molecule has 3 N–H and O–H groups in total. The number of aromatic hydroxyl groups is 1. The zero-order valence-corrected chi connectivity index (χ0v) is 9.92. The maximum absolute atomic E-state index is 12.0. The molecule has 3 nitrogen and oxygen atoms in total. The highest BCUT2D eigenvalue weighted by atomic mass is 79.9. The minimum atomic E-state index is -2.76. The summed E-state index contributed by atoms with van der Waals surface area (Å²) < 4.78 is 24.4. The van der Waals surface area contributed by atoms with E-state index in [1.54, 1.807) is 18.2 Å². The Kier molecular flexibility index (Phi) is 5.11. The highest BCUT2D eigenvalue weighted by Crippen LogP contribution is 2.27. The lowest BCUT2D eigenvalue weighted by atomic mass is 10.2. The molecule has 1 rings (SSSR count). The third-order valence-corrected chi connectivity index (χ3v) is 2.67. The molecule has 0 spiro atoms. The van der Waals surface area contributed by atoms with Crippen molar-refractivity contribution in [3.63, 3.8) is 0 Å². The largest absolute Gasteiger partial charge is 0.506 e. The summed E-state index contributed by atoms with van der Waals surface area (Å²) in [5.41, 5.74) is 0.579. The normalized spacial score (nSPS) is 13.1. The average Bonchev–Trinajstić information content (AvgIpc) is 2.24. The van der Waals surface area contributed by atoms with Crippen molar-refractivity contribution in [3.8, 4) is 5.75 Å². The molecule has 0 saturated heterocycles. The number of halogens is 3. The van der Waals surface area contributed by atoms with Crippen LogP contribution in [0, 0.1) is 0 Å². The van der Waals surface area contributed by atoms with E-state index in [1.807, 2.05) is 0 Å². The summed E-state index contributed by atoms with van der Waals surface area (Å²) in [5, 5.41) is 21.1. The SMILES string of the molecule is Oc1c(Br)cccc1CNCC(O)C(F)F. The van der Waals surface area contributed by atoms with E-state index in [4.69, 9.17) is 5.11 Å². The molecule has 90 valence electrons. The molecule has 1 aromatic carbocycles. The number of para-hydroxylation sites is 1. The van der Waals surface area contributed by atoms with Gasteiger partial charge in [-0.2, -0.15) is 0 Å². The van der Waals surface area contributed by atoms with Gasteiger partial charge in [-0.15, -0.1) is 0 Å². The Hall–Kier alpha value is -0.720. The highest BCUT2D eigenvalue weighted by molar-refractivity contribution is 9.10. The van der Waals surface area contributed by atoms with Crippen LogP contribution >= 0.6 is 15.9 Å². The number of alkyl halides is 2. The fraction of sp³-hybridized carbons (Fsp3) is 0.400. The lowest BCUT2D eigenvalue weighted by Crippen LogP contribution is -2.31. The number of hydrogen-bond donors (Lipinski definition) is 3. The summed E-state index contributed by atoms with van der Waals surface area (Å²) in [4.78, 5) is 0. The second-order valence-electron chi connectivity index (χ2n) is 3.28. The third kappa shape index (κ3) is 3.70. The fourth-order valence-electron chi connectivity index (χ4n) is 1.15. The average molecular weight is 296 g/mol. The van der Waals surface area contributed by atoms with E-state index in [9.17, 15) is 13.9 Å². The number of phenolic OH excluding ortho intramolecular Hbond substituents is 1. The van der Waals surface area contributed by atoms with Crippen molar-refractivity contribution < 1.29 is 19.0 Å². The molecule has 1 atom stereocenters. The maximum Gasteiger partial charge on any atom is 0.265 e. The Bertz CT molecular complexity index is 350. The van der Waals surface area contributed by atoms with E-state index in [0.717, 1.165) is 0 Å². The summed E-state index contributed by atoms with van der Waals surface area (Å²) in [6.07, 6.45) is -4.45. The Balaban J connectivity index is 2.46. The zero-order valence-electron chi connectivity index (χ0n) is 8.33. The lowest BCUT2D eigenvalue weighted by molar-refractivity contribution is -0.00342. The third-order valence-electron chi connectivity index (χ3n) is 2.03. The Labute approximate surface area is 100 Å². The van der Waals surface area contributed by atoms with Gasteiger partial charge in [-0.3, -0.25) is 0 Å². The molecular weight excluding hydrogens is 284 g/mol. The van der Waals surface area contributed by atoms with Crippen molar-refractivity contribution in [1.82, 2.24) is 5.32 Å². The Morgan fingerprint density at radius 1 is 1.38 bits per heavy atom. The molecule has 0 amide bonds. The quantitative estimate of drug-likeness (QED) is 0.777. The van der Waals surface area contributed by atoms with Crippen LogP contribution in [0.1, 0.15) is 5.56 Å². The molecule has 0 bridgehead atoms. The molecule has 0 aliphatic carbocycles. The molecule has 16 heavy (non-hydrogen) atoms. The summed E-state index contributed by atoms with van der Waals surface area (Å²) in [6.45, 7) is -0.00132. The van der Waals surface area contributed by atoms with Crippen LogP contribution in [0.5, 0.6) is 5.75 Å². The van der Waals surface area contributed by atoms with Gasteiger partial charge in [-0.1, -0.05) is 12.1 Å². The number of nitrogens with one attached hydrogen (secondary N) is 1. The maximum atomic E-state index is 12.0. The van der Waals surface area contributed by atoms with Gasteiger partial charge in [-0.05, 0) is 22.0 Å². The van der Waals surface area contributed by atoms with E-state index in [-0.39, 0.29) is 18.8 Å². The zero-order chi connectivity index (χ0) is 12.1. The number of phenols is 1. The first kappa shape index (κ1) is 13.3. The van der Waals surface area contributed by atoms with Crippen LogP contribution in [-0.4, -0.2) is 29.3 Å². The van der Waals surface area contributed by atoms with E-state index in [1.165, 1.54) is 0 Å². The van der Waals surface area contributed by atoms with Gasteiger partial charge in [0.05, 0.1) is 4.47 Å². The predicted molar refractivity (Wildman–Crippen MR) is 59.5 cm³/mol. The van der Waals surface area contributed by atoms with E-state index in [0.29, 0.717) is 10.0 Å². The molecule has 0 fully saturated rings. The van der Waals surface area contributed by atoms with Crippen molar-refractivity contribution in [2.24, 2.45) is 0 Å². The van der Waals surface area contributed by atoms with E-state index >= 15 is 0 Å². The number of aliphatic hydroxyl groups is 1. The predicted octanol–water partition coefficient (Wildman–Crippen LogP) is 1.87. The van der Waals surface area contributed by atoms with E-state index in [2.05, 4.69) is 21.2 Å². The Morgan fingerprint density at radius 2 is 2.06 bits per heavy atom. The summed E-state index contributed by atoms with van der Waals surface area (Å²) >= 11 is 3.14. The number of rotatable bonds is 5. The van der Waals surface area contributed by atoms with Gasteiger partial charge >= 0.3 is 0 Å². The van der Waals surface area contributed by atoms with Crippen LogP contribution in [0.4, 0.5) is 8.78 Å². The first-order valence-corrected chi connectivity index (χ1v) is 5.45. The summed E-state index contributed by atoms with van der Waals surface area (Å²) in [5.74, 6) is 0.0709. The van der Waals surface area contributed by atoms with Crippen LogP contribution in [0.3, 0.4) is 0 Å². The first-order valence-electron chi connectivity index (χ1n) is 4.65. The standard InChI is InChI=1S/C10H12BrF2NO2/c11-7-3-1-2-6(9(7)16)4-14-5-8(15)10(12)13/h1-3,8,10,14-16H,4-5H2. The van der Waals surface area contributed by atoms with Gasteiger partial charge in [0, 0.05) is 18.7 Å². The molecular formula is C10H12BrF2NO2. The molecule has 0 aliphatic heterocycles. The first-order chi connectivity index (χ1) is 7.52. The minimum Gasteiger partial charge on any atom is -0.506 e. The van der Waals surface area contributed by atoms with Crippen molar-refractivity contribution >= 4 is 15.9 Å². The molecule has 0 aliphatic rings. The van der Waals surface area contributed by atoms with Gasteiger partial charge < -0.3 is 15.5 Å². The molecule has 0 heterocycles. The van der Waals surface area contributed by atoms with Crippen LogP contribution < -0.4 is 5.32 Å². The number of hydrogen-bond acceptors (Lipinski definition) is 3. The highest BCUT2D eigenvalue weighted by Gasteiger charge is 2.16. The van der Waals surface area contributed by atoms with Crippen LogP contribution in [0.15, 0.2) is 22.7 Å². The van der Waals surface area contributed by atoms with Crippen LogP contribution in [0.2, 0.25) is 0 Å². The molecule has 0 saturated carbocycles. The topological polar surface area (TPSA) is 52.5 Å². The van der Waals surface area contributed by atoms with Gasteiger partial charge in [0.1, 0.15) is 11.9 Å². The number of aliphatic hydroxyl groups excluding tert-OH is 1. The van der Waals surface area contributed by atoms with Crippen molar-refractivity contribution in [1.29, 1.82) is 0 Å². The van der Waals surface area contributed by atoms with Crippen molar-refractivity contribution in [2.45, 2.75) is 19.1 Å². The van der Waals surface area contributed by atoms with Gasteiger partial charge in [0.2, 0.25) is 0 Å². The van der Waals surface area contributed by atoms with Crippen LogP contribution in [0.25, 0.3) is 0 Å². The number of benzene rings is 1. The van der Waals surface area contributed by atoms with Crippen molar-refractivity contribution in [2.75, 3.05) is 6.54 Å². The molecule has 6 heteroatoms. The molecule has 1 unspecified atom stereocenters. The molecule has 0 radical (unpaired) electrons. The smallest absolute Gasteiger partial charge is 0.265 e. The van der Waals surface area contributed by atoms with Gasteiger partial charge in [-0.25, -0.2) is 8.78 Å². The van der Waals surface area contributed by atoms with Gasteiger partial charge in [0.15, 0.2) is 0 Å². The lowest BCUT2D eigenvalue weighted by Gasteiger charge is -2.11. The van der Waals surface area contributed by atoms with E-state index < -0.39 is 12.5 Å². The summed E-state index contributed by atoms with van der Waals surface area (Å²) in [7, 11) is 0. The molecule has 1 aromatic rings. The molecule has 0 aromatic heterocycles.